The van der Waals surface area contributed by atoms with Gasteiger partial charge in [0.1, 0.15) is 11.5 Å². The number of hydrogen-bond acceptors (Lipinski definition) is 4. The van der Waals surface area contributed by atoms with Gasteiger partial charge >= 0.3 is 5.97 Å². The van der Waals surface area contributed by atoms with E-state index >= 15 is 0 Å². The zero-order valence-corrected chi connectivity index (χ0v) is 12.0. The van der Waals surface area contributed by atoms with Crippen molar-refractivity contribution in [2.45, 2.75) is 38.7 Å². The Balaban J connectivity index is 2.33. The number of benzene rings is 1. The number of carboxylic acid groups (broad SMARTS) is 1. The maximum atomic E-state index is 12.2. The van der Waals surface area contributed by atoms with Gasteiger partial charge in [0.25, 0.3) is 0 Å². The SMILES string of the molecule is CC(C)=CCCC1(C(=O)O)CC(=O)c2cc(O)ccc2O1. The lowest BCUT2D eigenvalue weighted by molar-refractivity contribution is -0.156. The molecule has 5 nitrogen and oxygen atoms in total. The summed E-state index contributed by atoms with van der Waals surface area (Å²) >= 11 is 0. The molecule has 1 aliphatic rings. The molecule has 0 saturated heterocycles. The highest BCUT2D eigenvalue weighted by Crippen LogP contribution is 2.37. The van der Waals surface area contributed by atoms with Crippen LogP contribution in [0.1, 0.15) is 43.5 Å². The summed E-state index contributed by atoms with van der Waals surface area (Å²) in [6.07, 6.45) is 2.44. The molecule has 1 aliphatic heterocycles. The number of ketones is 1. The lowest BCUT2D eigenvalue weighted by Crippen LogP contribution is -2.49. The Morgan fingerprint density at radius 2 is 2.14 bits per heavy atom. The first-order valence-corrected chi connectivity index (χ1v) is 6.76. The summed E-state index contributed by atoms with van der Waals surface area (Å²) in [6.45, 7) is 3.86. The number of carboxylic acids is 1. The summed E-state index contributed by atoms with van der Waals surface area (Å²) in [6, 6.07) is 4.11. The number of ether oxygens (including phenoxy) is 1. The molecule has 1 unspecified atom stereocenters. The molecule has 2 rings (SSSR count). The monoisotopic (exact) mass is 290 g/mol. The highest BCUT2D eigenvalue weighted by molar-refractivity contribution is 6.03. The van der Waals surface area contributed by atoms with Gasteiger partial charge < -0.3 is 14.9 Å². The van der Waals surface area contributed by atoms with Crippen LogP contribution in [0.5, 0.6) is 11.5 Å². The van der Waals surface area contributed by atoms with E-state index in [2.05, 4.69) is 0 Å². The van der Waals surface area contributed by atoms with E-state index in [1.807, 2.05) is 19.9 Å². The molecule has 0 fully saturated rings. The minimum absolute atomic E-state index is 0.0435. The molecular weight excluding hydrogens is 272 g/mol. The van der Waals surface area contributed by atoms with Crippen LogP contribution in [0.2, 0.25) is 0 Å². The summed E-state index contributed by atoms with van der Waals surface area (Å²) in [5, 5.41) is 18.9. The number of carbonyl (C=O) groups excluding carboxylic acids is 1. The molecule has 0 saturated carbocycles. The molecule has 0 radical (unpaired) electrons. The number of fused-ring (bicyclic) bond motifs is 1. The van der Waals surface area contributed by atoms with E-state index in [-0.39, 0.29) is 35.7 Å². The third-order valence-corrected chi connectivity index (χ3v) is 3.51. The average Bonchev–Trinajstić information content (AvgIpc) is 2.39. The van der Waals surface area contributed by atoms with E-state index < -0.39 is 11.6 Å². The number of allylic oxidation sites excluding steroid dienone is 2. The number of aliphatic carboxylic acids is 1. The second-order valence-corrected chi connectivity index (χ2v) is 5.50. The molecule has 0 bridgehead atoms. The summed E-state index contributed by atoms with van der Waals surface area (Å²) in [5.41, 5.74) is -0.218. The van der Waals surface area contributed by atoms with Crippen LogP contribution >= 0.6 is 0 Å². The maximum absolute atomic E-state index is 12.2. The van der Waals surface area contributed by atoms with Gasteiger partial charge in [-0.15, -0.1) is 0 Å². The van der Waals surface area contributed by atoms with Crippen LogP contribution in [0.15, 0.2) is 29.8 Å². The molecule has 5 heteroatoms. The minimum Gasteiger partial charge on any atom is -0.508 e. The van der Waals surface area contributed by atoms with E-state index in [4.69, 9.17) is 4.74 Å². The summed E-state index contributed by atoms with van der Waals surface area (Å²) < 4.78 is 5.63. The topological polar surface area (TPSA) is 83.8 Å². The van der Waals surface area contributed by atoms with Crippen LogP contribution in [0.3, 0.4) is 0 Å². The first-order valence-electron chi connectivity index (χ1n) is 6.76. The lowest BCUT2D eigenvalue weighted by Gasteiger charge is -2.34. The molecule has 21 heavy (non-hydrogen) atoms. The van der Waals surface area contributed by atoms with Crippen molar-refractivity contribution in [3.63, 3.8) is 0 Å². The Hall–Kier alpha value is -2.30. The molecular formula is C16H18O5. The van der Waals surface area contributed by atoms with Crippen LogP contribution in [-0.4, -0.2) is 27.6 Å². The van der Waals surface area contributed by atoms with Crippen molar-refractivity contribution in [1.82, 2.24) is 0 Å². The molecule has 0 spiro atoms. The molecule has 0 aromatic heterocycles. The predicted octanol–water partition coefficient (Wildman–Crippen LogP) is 2.93. The van der Waals surface area contributed by atoms with Crippen molar-refractivity contribution in [3.05, 3.63) is 35.4 Å². The van der Waals surface area contributed by atoms with Crippen LogP contribution in [0.4, 0.5) is 0 Å². The molecule has 1 heterocycles. The fourth-order valence-corrected chi connectivity index (χ4v) is 2.39. The molecule has 0 aliphatic carbocycles. The van der Waals surface area contributed by atoms with Crippen molar-refractivity contribution in [2.24, 2.45) is 0 Å². The Kier molecular flexibility index (Phi) is 4.02. The molecule has 0 amide bonds. The number of hydrogen-bond donors (Lipinski definition) is 2. The van der Waals surface area contributed by atoms with Gasteiger partial charge in [-0.1, -0.05) is 11.6 Å². The number of phenols is 1. The average molecular weight is 290 g/mol. The van der Waals surface area contributed by atoms with Crippen molar-refractivity contribution in [3.8, 4) is 11.5 Å². The smallest absolute Gasteiger partial charge is 0.348 e. The van der Waals surface area contributed by atoms with Crippen molar-refractivity contribution in [2.75, 3.05) is 0 Å². The lowest BCUT2D eigenvalue weighted by atomic mass is 9.86. The Morgan fingerprint density at radius 3 is 2.76 bits per heavy atom. The fraction of sp³-hybridized carbons (Fsp3) is 0.375. The number of phenolic OH excluding ortho intramolecular Hbond substituents is 1. The number of carbonyl (C=O) groups is 2. The summed E-state index contributed by atoms with van der Waals surface area (Å²) in [4.78, 5) is 23.8. The van der Waals surface area contributed by atoms with E-state index in [9.17, 15) is 19.8 Å². The van der Waals surface area contributed by atoms with Crippen LogP contribution in [0.25, 0.3) is 0 Å². The van der Waals surface area contributed by atoms with Crippen molar-refractivity contribution < 1.29 is 24.5 Å². The number of aromatic hydroxyl groups is 1. The van der Waals surface area contributed by atoms with E-state index in [1.54, 1.807) is 0 Å². The molecule has 1 aromatic rings. The second-order valence-electron chi connectivity index (χ2n) is 5.50. The van der Waals surface area contributed by atoms with Crippen LogP contribution < -0.4 is 4.74 Å². The van der Waals surface area contributed by atoms with Gasteiger partial charge in [0.05, 0.1) is 12.0 Å². The van der Waals surface area contributed by atoms with Crippen LogP contribution in [-0.2, 0) is 4.79 Å². The molecule has 1 atom stereocenters. The summed E-state index contributed by atoms with van der Waals surface area (Å²) in [5.74, 6) is -1.30. The molecule has 2 N–H and O–H groups in total. The van der Waals surface area contributed by atoms with Crippen molar-refractivity contribution in [1.29, 1.82) is 0 Å². The van der Waals surface area contributed by atoms with Crippen molar-refractivity contribution >= 4 is 11.8 Å². The van der Waals surface area contributed by atoms with Gasteiger partial charge in [-0.2, -0.15) is 0 Å². The maximum Gasteiger partial charge on any atom is 0.348 e. The van der Waals surface area contributed by atoms with Gasteiger partial charge in [-0.25, -0.2) is 4.79 Å². The first-order chi connectivity index (χ1) is 9.84. The van der Waals surface area contributed by atoms with Gasteiger partial charge in [-0.05, 0) is 38.5 Å². The second kappa shape index (κ2) is 5.60. The Morgan fingerprint density at radius 1 is 1.43 bits per heavy atom. The van der Waals surface area contributed by atoms with Gasteiger partial charge in [0, 0.05) is 6.42 Å². The zero-order valence-electron chi connectivity index (χ0n) is 12.0. The third-order valence-electron chi connectivity index (χ3n) is 3.51. The quantitative estimate of drug-likeness (QED) is 0.833. The molecule has 1 aromatic carbocycles. The Labute approximate surface area is 122 Å². The largest absolute Gasteiger partial charge is 0.508 e. The minimum atomic E-state index is -1.53. The number of Topliss-reactive ketones (excluding diaryl/α,β-unsaturated/α-hetero) is 1. The fourth-order valence-electron chi connectivity index (χ4n) is 2.39. The normalized spacial score (nSPS) is 20.4. The third kappa shape index (κ3) is 3.07. The van der Waals surface area contributed by atoms with Gasteiger partial charge in [0.15, 0.2) is 5.78 Å². The van der Waals surface area contributed by atoms with E-state index in [1.165, 1.54) is 18.2 Å². The standard InChI is InChI=1S/C16H18O5/c1-10(2)4-3-7-16(15(19)20)9-13(18)12-8-11(17)5-6-14(12)21-16/h4-6,8,17H,3,7,9H2,1-2H3,(H,19,20). The number of rotatable bonds is 4. The first kappa shape index (κ1) is 15.1. The Bertz CT molecular complexity index is 613. The molecule has 112 valence electrons. The summed E-state index contributed by atoms with van der Waals surface area (Å²) in [7, 11) is 0. The highest BCUT2D eigenvalue weighted by Gasteiger charge is 2.46. The predicted molar refractivity (Wildman–Crippen MR) is 76.7 cm³/mol. The van der Waals surface area contributed by atoms with Crippen LogP contribution in [0, 0.1) is 0 Å². The van der Waals surface area contributed by atoms with Gasteiger partial charge in [-0.3, -0.25) is 4.79 Å². The van der Waals surface area contributed by atoms with E-state index in [0.29, 0.717) is 6.42 Å². The zero-order chi connectivity index (χ0) is 15.6. The van der Waals surface area contributed by atoms with E-state index in [0.717, 1.165) is 5.57 Å². The highest BCUT2D eigenvalue weighted by atomic mass is 16.5. The van der Waals surface area contributed by atoms with Gasteiger partial charge in [0.2, 0.25) is 5.60 Å².